The molecule has 0 radical (unpaired) electrons. The Morgan fingerprint density at radius 1 is 1.17 bits per heavy atom. The first kappa shape index (κ1) is 20.7. The van der Waals surface area contributed by atoms with Gasteiger partial charge in [-0.3, -0.25) is 14.9 Å². The van der Waals surface area contributed by atoms with Gasteiger partial charge in [0.15, 0.2) is 0 Å². The lowest BCUT2D eigenvalue weighted by Gasteiger charge is -2.36. The first-order valence-electron chi connectivity index (χ1n) is 9.32. The number of amides is 1. The molecule has 0 aromatic heterocycles. The first-order chi connectivity index (χ1) is 14.5. The van der Waals surface area contributed by atoms with Crippen LogP contribution in [0, 0.1) is 21.4 Å². The standard InChI is InChI=1S/C21H21N5O4/c1-30-20-9-5-4-8-19(20)25-12-10-24(11-13-25)15-16(14-22)21(27)23-17-6-2-3-7-18(17)26(28)29/h2-9,15H,10-13H2,1H3,(H,23,27)/b16-15-. The quantitative estimate of drug-likeness (QED) is 0.339. The molecule has 154 valence electrons. The number of carbonyl (C=O) groups excluding carboxylic acids is 1. The number of nitrogens with zero attached hydrogens (tertiary/aromatic N) is 4. The Balaban J connectivity index is 1.67. The van der Waals surface area contributed by atoms with E-state index in [1.54, 1.807) is 13.2 Å². The molecule has 1 aliphatic rings. The van der Waals surface area contributed by atoms with Gasteiger partial charge in [-0.15, -0.1) is 0 Å². The van der Waals surface area contributed by atoms with Gasteiger partial charge < -0.3 is 19.9 Å². The summed E-state index contributed by atoms with van der Waals surface area (Å²) in [5, 5.41) is 23.0. The zero-order valence-electron chi connectivity index (χ0n) is 16.4. The summed E-state index contributed by atoms with van der Waals surface area (Å²) in [6.07, 6.45) is 1.50. The largest absolute Gasteiger partial charge is 0.495 e. The lowest BCUT2D eigenvalue weighted by molar-refractivity contribution is -0.383. The molecule has 9 heteroatoms. The van der Waals surface area contributed by atoms with Crippen LogP contribution in [0.5, 0.6) is 5.75 Å². The molecule has 0 bridgehead atoms. The van der Waals surface area contributed by atoms with Gasteiger partial charge >= 0.3 is 0 Å². The highest BCUT2D eigenvalue weighted by Gasteiger charge is 2.21. The summed E-state index contributed by atoms with van der Waals surface area (Å²) in [5.41, 5.74) is 0.709. The van der Waals surface area contributed by atoms with Crippen LogP contribution in [-0.4, -0.2) is 49.0 Å². The van der Waals surface area contributed by atoms with E-state index in [9.17, 15) is 20.2 Å². The van der Waals surface area contributed by atoms with Crippen LogP contribution in [0.15, 0.2) is 60.3 Å². The summed E-state index contributed by atoms with van der Waals surface area (Å²) >= 11 is 0. The topological polar surface area (TPSA) is 112 Å². The van der Waals surface area contributed by atoms with Gasteiger partial charge in [-0.25, -0.2) is 0 Å². The van der Waals surface area contributed by atoms with E-state index in [2.05, 4.69) is 10.2 Å². The number of nitriles is 1. The molecule has 1 N–H and O–H groups in total. The highest BCUT2D eigenvalue weighted by molar-refractivity contribution is 6.07. The zero-order valence-corrected chi connectivity index (χ0v) is 16.4. The predicted octanol–water partition coefficient (Wildman–Crippen LogP) is 2.77. The Morgan fingerprint density at radius 2 is 1.83 bits per heavy atom. The Morgan fingerprint density at radius 3 is 2.50 bits per heavy atom. The molecule has 0 unspecified atom stereocenters. The summed E-state index contributed by atoms with van der Waals surface area (Å²) < 4.78 is 5.41. The van der Waals surface area contributed by atoms with Crippen molar-refractivity contribution >= 4 is 23.0 Å². The number of nitro groups is 1. The van der Waals surface area contributed by atoms with Crippen molar-refractivity contribution in [3.8, 4) is 11.8 Å². The summed E-state index contributed by atoms with van der Waals surface area (Å²) in [6.45, 7) is 2.62. The van der Waals surface area contributed by atoms with Crippen molar-refractivity contribution in [2.45, 2.75) is 0 Å². The lowest BCUT2D eigenvalue weighted by Crippen LogP contribution is -2.44. The number of anilines is 2. The van der Waals surface area contributed by atoms with E-state index in [0.717, 1.165) is 11.4 Å². The molecule has 1 saturated heterocycles. The van der Waals surface area contributed by atoms with Crippen LogP contribution < -0.4 is 15.0 Å². The average molecular weight is 407 g/mol. The van der Waals surface area contributed by atoms with Crippen molar-refractivity contribution in [2.75, 3.05) is 43.5 Å². The Labute approximate surface area is 173 Å². The maximum absolute atomic E-state index is 12.5. The normalized spacial score (nSPS) is 14.1. The molecule has 0 atom stereocenters. The molecule has 0 saturated carbocycles. The number of hydrogen-bond acceptors (Lipinski definition) is 7. The molecule has 1 aliphatic heterocycles. The number of carbonyl (C=O) groups is 1. The molecule has 30 heavy (non-hydrogen) atoms. The molecule has 9 nitrogen and oxygen atoms in total. The third-order valence-electron chi connectivity index (χ3n) is 4.77. The summed E-state index contributed by atoms with van der Waals surface area (Å²) in [4.78, 5) is 27.1. The number of para-hydroxylation sites is 4. The molecule has 0 spiro atoms. The van der Waals surface area contributed by atoms with E-state index in [-0.39, 0.29) is 16.9 Å². The number of nitro benzene ring substituents is 1. The fourth-order valence-electron chi connectivity index (χ4n) is 3.23. The highest BCUT2D eigenvalue weighted by atomic mass is 16.6. The third kappa shape index (κ3) is 4.67. The number of piperazine rings is 1. The average Bonchev–Trinajstić information content (AvgIpc) is 2.78. The van der Waals surface area contributed by atoms with Gasteiger partial charge in [-0.2, -0.15) is 5.26 Å². The number of methoxy groups -OCH3 is 1. The van der Waals surface area contributed by atoms with Crippen molar-refractivity contribution < 1.29 is 14.5 Å². The summed E-state index contributed by atoms with van der Waals surface area (Å²) in [7, 11) is 1.63. The van der Waals surface area contributed by atoms with E-state index in [1.165, 1.54) is 24.4 Å². The van der Waals surface area contributed by atoms with Crippen molar-refractivity contribution in [1.29, 1.82) is 5.26 Å². The molecule has 3 rings (SSSR count). The van der Waals surface area contributed by atoms with E-state index < -0.39 is 10.8 Å². The van der Waals surface area contributed by atoms with Gasteiger partial charge in [-0.1, -0.05) is 24.3 Å². The SMILES string of the molecule is COc1ccccc1N1CCN(/C=C(/C#N)C(=O)Nc2ccccc2[N+](=O)[O-])CC1. The number of ether oxygens (including phenoxy) is 1. The van der Waals surface area contributed by atoms with Crippen LogP contribution in [0.4, 0.5) is 17.1 Å². The van der Waals surface area contributed by atoms with Gasteiger partial charge in [0, 0.05) is 38.4 Å². The smallest absolute Gasteiger partial charge is 0.292 e. The molecule has 1 amide bonds. The molecule has 2 aromatic carbocycles. The molecular formula is C21H21N5O4. The third-order valence-corrected chi connectivity index (χ3v) is 4.77. The van der Waals surface area contributed by atoms with Gasteiger partial charge in [-0.05, 0) is 18.2 Å². The second-order valence-corrected chi connectivity index (χ2v) is 6.58. The molecule has 1 heterocycles. The number of nitrogens with one attached hydrogen (secondary N) is 1. The minimum atomic E-state index is -0.682. The second-order valence-electron chi connectivity index (χ2n) is 6.58. The van der Waals surface area contributed by atoms with E-state index in [4.69, 9.17) is 4.74 Å². The van der Waals surface area contributed by atoms with Crippen LogP contribution in [0.2, 0.25) is 0 Å². The minimum absolute atomic E-state index is 0.0506. The first-order valence-corrected chi connectivity index (χ1v) is 9.32. The molecule has 1 fully saturated rings. The van der Waals surface area contributed by atoms with Crippen molar-refractivity contribution in [2.24, 2.45) is 0 Å². The predicted molar refractivity (Wildman–Crippen MR) is 112 cm³/mol. The van der Waals surface area contributed by atoms with E-state index in [0.29, 0.717) is 26.2 Å². The van der Waals surface area contributed by atoms with Crippen LogP contribution in [-0.2, 0) is 4.79 Å². The molecular weight excluding hydrogens is 386 g/mol. The van der Waals surface area contributed by atoms with E-state index in [1.807, 2.05) is 35.2 Å². The molecule has 0 aliphatic carbocycles. The van der Waals surface area contributed by atoms with Crippen molar-refractivity contribution in [3.05, 3.63) is 70.4 Å². The Bertz CT molecular complexity index is 1010. The molecule has 2 aromatic rings. The fourth-order valence-corrected chi connectivity index (χ4v) is 3.23. The van der Waals surface area contributed by atoms with Crippen molar-refractivity contribution in [3.63, 3.8) is 0 Å². The highest BCUT2D eigenvalue weighted by Crippen LogP contribution is 2.28. The second kappa shape index (κ2) is 9.43. The van der Waals surface area contributed by atoms with Gasteiger partial charge in [0.05, 0.1) is 17.7 Å². The Kier molecular flexibility index (Phi) is 6.49. The maximum Gasteiger partial charge on any atom is 0.292 e. The zero-order chi connectivity index (χ0) is 21.5. The van der Waals surface area contributed by atoms with Gasteiger partial charge in [0.1, 0.15) is 23.1 Å². The van der Waals surface area contributed by atoms with Crippen LogP contribution in [0.3, 0.4) is 0 Å². The number of hydrogen-bond donors (Lipinski definition) is 1. The van der Waals surface area contributed by atoms with Gasteiger partial charge in [0.25, 0.3) is 11.6 Å². The summed E-state index contributed by atoms with van der Waals surface area (Å²) in [6, 6.07) is 15.5. The van der Waals surface area contributed by atoms with Crippen LogP contribution in [0.1, 0.15) is 0 Å². The maximum atomic E-state index is 12.5. The monoisotopic (exact) mass is 407 g/mol. The minimum Gasteiger partial charge on any atom is -0.495 e. The number of benzene rings is 2. The lowest BCUT2D eigenvalue weighted by atomic mass is 10.2. The van der Waals surface area contributed by atoms with Crippen LogP contribution in [0.25, 0.3) is 0 Å². The van der Waals surface area contributed by atoms with Crippen LogP contribution >= 0.6 is 0 Å². The van der Waals surface area contributed by atoms with Crippen molar-refractivity contribution in [1.82, 2.24) is 4.90 Å². The fraction of sp³-hybridized carbons (Fsp3) is 0.238. The van der Waals surface area contributed by atoms with E-state index >= 15 is 0 Å². The summed E-state index contributed by atoms with van der Waals surface area (Å²) in [5.74, 6) is 0.113. The van der Waals surface area contributed by atoms with Gasteiger partial charge in [0.2, 0.25) is 0 Å². The number of rotatable bonds is 6. The Hall–Kier alpha value is -4.06.